The lowest BCUT2D eigenvalue weighted by molar-refractivity contribution is 0.219. The molecule has 2 rings (SSSR count). The quantitative estimate of drug-likeness (QED) is 0.861. The molecule has 3 heteroatoms. The number of hydrogen-bond acceptors (Lipinski definition) is 1. The number of benzene rings is 2. The monoisotopic (exact) mass is 292 g/mol. The first-order valence-corrected chi connectivity index (χ1v) is 7.06. The minimum Gasteiger partial charge on any atom is -0.384 e. The van der Waals surface area contributed by atoms with Crippen molar-refractivity contribution in [2.45, 2.75) is 26.4 Å². The highest BCUT2D eigenvalue weighted by atomic mass is 35.5. The molecular formula is C17H18ClFO. The normalized spacial score (nSPS) is 12.7. The van der Waals surface area contributed by atoms with Crippen LogP contribution in [-0.2, 0) is 6.42 Å². The summed E-state index contributed by atoms with van der Waals surface area (Å²) in [5.74, 6) is 0.107. The zero-order chi connectivity index (χ0) is 14.7. The molecule has 106 valence electrons. The summed E-state index contributed by atoms with van der Waals surface area (Å²) >= 11 is 5.83. The molecule has 0 aromatic heterocycles. The summed E-state index contributed by atoms with van der Waals surface area (Å²) in [4.78, 5) is 0. The van der Waals surface area contributed by atoms with Crippen molar-refractivity contribution in [3.05, 3.63) is 70.0 Å². The summed E-state index contributed by atoms with van der Waals surface area (Å²) in [5.41, 5.74) is 2.39. The topological polar surface area (TPSA) is 20.2 Å². The van der Waals surface area contributed by atoms with Crippen molar-refractivity contribution in [3.63, 3.8) is 0 Å². The predicted octanol–water partition coefficient (Wildman–Crippen LogP) is 4.76. The molecule has 0 amide bonds. The molecule has 0 aliphatic carbocycles. The Kier molecular flexibility index (Phi) is 4.79. The third-order valence-electron chi connectivity index (χ3n) is 3.11. The van der Waals surface area contributed by atoms with Gasteiger partial charge < -0.3 is 5.11 Å². The van der Waals surface area contributed by atoms with Crippen LogP contribution in [0, 0.1) is 11.7 Å². The second kappa shape index (κ2) is 6.38. The van der Waals surface area contributed by atoms with Crippen LogP contribution >= 0.6 is 11.6 Å². The van der Waals surface area contributed by atoms with Gasteiger partial charge in [-0.15, -0.1) is 0 Å². The third kappa shape index (κ3) is 3.81. The van der Waals surface area contributed by atoms with Gasteiger partial charge in [0.1, 0.15) is 11.9 Å². The van der Waals surface area contributed by atoms with Crippen molar-refractivity contribution in [1.29, 1.82) is 0 Å². The fourth-order valence-corrected chi connectivity index (χ4v) is 2.52. The Morgan fingerprint density at radius 1 is 1.10 bits per heavy atom. The van der Waals surface area contributed by atoms with E-state index in [0.717, 1.165) is 12.0 Å². The van der Waals surface area contributed by atoms with E-state index in [1.54, 1.807) is 6.07 Å². The summed E-state index contributed by atoms with van der Waals surface area (Å²) < 4.78 is 13.4. The summed E-state index contributed by atoms with van der Waals surface area (Å²) in [6, 6.07) is 11.9. The molecule has 2 aromatic rings. The molecule has 2 aromatic carbocycles. The average Bonchev–Trinajstić information content (AvgIpc) is 2.36. The standard InChI is InChI=1S/C17H18ClFO/c1-11(2)6-12-4-3-5-13(7-12)17(20)14-8-15(18)10-16(19)9-14/h3-5,7-11,17,20H,6H2,1-2H3. The van der Waals surface area contributed by atoms with E-state index in [2.05, 4.69) is 13.8 Å². The Hall–Kier alpha value is -1.38. The van der Waals surface area contributed by atoms with Crippen molar-refractivity contribution in [3.8, 4) is 0 Å². The van der Waals surface area contributed by atoms with Gasteiger partial charge in [0.25, 0.3) is 0 Å². The van der Waals surface area contributed by atoms with Gasteiger partial charge in [-0.25, -0.2) is 4.39 Å². The van der Waals surface area contributed by atoms with Crippen LogP contribution in [0.4, 0.5) is 4.39 Å². The van der Waals surface area contributed by atoms with E-state index in [9.17, 15) is 9.50 Å². The van der Waals surface area contributed by atoms with E-state index in [4.69, 9.17) is 11.6 Å². The average molecular weight is 293 g/mol. The van der Waals surface area contributed by atoms with Crippen molar-refractivity contribution in [2.75, 3.05) is 0 Å². The molecule has 0 aliphatic rings. The van der Waals surface area contributed by atoms with E-state index >= 15 is 0 Å². The highest BCUT2D eigenvalue weighted by Gasteiger charge is 2.13. The number of aliphatic hydroxyl groups is 1. The molecule has 0 fully saturated rings. The van der Waals surface area contributed by atoms with Crippen LogP contribution in [0.25, 0.3) is 0 Å². The molecule has 0 saturated carbocycles. The van der Waals surface area contributed by atoms with Crippen LogP contribution < -0.4 is 0 Å². The number of rotatable bonds is 4. The van der Waals surface area contributed by atoms with Gasteiger partial charge in [-0.2, -0.15) is 0 Å². The van der Waals surface area contributed by atoms with Gasteiger partial charge in [0.15, 0.2) is 0 Å². The molecule has 0 saturated heterocycles. The van der Waals surface area contributed by atoms with Gasteiger partial charge in [0, 0.05) is 5.02 Å². The molecule has 1 unspecified atom stereocenters. The zero-order valence-electron chi connectivity index (χ0n) is 11.6. The molecule has 0 radical (unpaired) electrons. The Bertz CT molecular complexity index is 575. The van der Waals surface area contributed by atoms with E-state index < -0.39 is 11.9 Å². The second-order valence-corrected chi connectivity index (χ2v) is 5.88. The Morgan fingerprint density at radius 3 is 2.50 bits per heavy atom. The van der Waals surface area contributed by atoms with Crippen LogP contribution in [0.1, 0.15) is 36.6 Å². The van der Waals surface area contributed by atoms with Crippen molar-refractivity contribution >= 4 is 11.6 Å². The lowest BCUT2D eigenvalue weighted by Crippen LogP contribution is -2.02. The highest BCUT2D eigenvalue weighted by molar-refractivity contribution is 6.30. The smallest absolute Gasteiger partial charge is 0.125 e. The molecule has 0 bridgehead atoms. The Labute approximate surface area is 124 Å². The molecule has 1 atom stereocenters. The predicted molar refractivity (Wildman–Crippen MR) is 80.5 cm³/mol. The van der Waals surface area contributed by atoms with Gasteiger partial charge in [-0.1, -0.05) is 49.7 Å². The largest absolute Gasteiger partial charge is 0.384 e. The molecule has 0 spiro atoms. The number of hydrogen-bond donors (Lipinski definition) is 1. The Morgan fingerprint density at radius 2 is 1.85 bits per heavy atom. The SMILES string of the molecule is CC(C)Cc1cccc(C(O)c2cc(F)cc(Cl)c2)c1. The lowest BCUT2D eigenvalue weighted by Gasteiger charge is -2.14. The van der Waals surface area contributed by atoms with Crippen molar-refractivity contribution < 1.29 is 9.50 Å². The fraction of sp³-hybridized carbons (Fsp3) is 0.294. The van der Waals surface area contributed by atoms with E-state index in [-0.39, 0.29) is 5.02 Å². The molecule has 20 heavy (non-hydrogen) atoms. The molecule has 0 aliphatic heterocycles. The lowest BCUT2D eigenvalue weighted by atomic mass is 9.96. The first-order chi connectivity index (χ1) is 9.45. The maximum Gasteiger partial charge on any atom is 0.125 e. The van der Waals surface area contributed by atoms with E-state index in [1.165, 1.54) is 17.7 Å². The van der Waals surface area contributed by atoms with Crippen LogP contribution in [-0.4, -0.2) is 5.11 Å². The van der Waals surface area contributed by atoms with Gasteiger partial charge >= 0.3 is 0 Å². The van der Waals surface area contributed by atoms with Crippen LogP contribution in [0.15, 0.2) is 42.5 Å². The highest BCUT2D eigenvalue weighted by Crippen LogP contribution is 2.26. The summed E-state index contributed by atoms with van der Waals surface area (Å²) in [5, 5.41) is 10.7. The van der Waals surface area contributed by atoms with Crippen LogP contribution in [0.2, 0.25) is 5.02 Å². The molecular weight excluding hydrogens is 275 g/mol. The van der Waals surface area contributed by atoms with Crippen molar-refractivity contribution in [2.24, 2.45) is 5.92 Å². The first kappa shape index (κ1) is 15.0. The number of aliphatic hydroxyl groups excluding tert-OH is 1. The van der Waals surface area contributed by atoms with Crippen LogP contribution in [0.3, 0.4) is 0 Å². The molecule has 1 nitrogen and oxygen atoms in total. The zero-order valence-corrected chi connectivity index (χ0v) is 12.4. The summed E-state index contributed by atoms with van der Waals surface area (Å²) in [6.07, 6.45) is 0.0834. The molecule has 1 N–H and O–H groups in total. The van der Waals surface area contributed by atoms with Gasteiger partial charge in [0.2, 0.25) is 0 Å². The maximum absolute atomic E-state index is 13.4. The number of halogens is 2. The first-order valence-electron chi connectivity index (χ1n) is 6.68. The van der Waals surface area contributed by atoms with Crippen molar-refractivity contribution in [1.82, 2.24) is 0 Å². The second-order valence-electron chi connectivity index (χ2n) is 5.45. The summed E-state index contributed by atoms with van der Waals surface area (Å²) in [7, 11) is 0. The van der Waals surface area contributed by atoms with Crippen LogP contribution in [0.5, 0.6) is 0 Å². The Balaban J connectivity index is 2.30. The minimum absolute atomic E-state index is 0.289. The fourth-order valence-electron chi connectivity index (χ4n) is 2.29. The van der Waals surface area contributed by atoms with E-state index in [0.29, 0.717) is 11.5 Å². The minimum atomic E-state index is -0.865. The summed E-state index contributed by atoms with van der Waals surface area (Å²) in [6.45, 7) is 4.30. The third-order valence-corrected chi connectivity index (χ3v) is 3.33. The van der Waals surface area contributed by atoms with Gasteiger partial charge in [0.05, 0.1) is 0 Å². The van der Waals surface area contributed by atoms with Gasteiger partial charge in [-0.05, 0) is 47.2 Å². The van der Waals surface area contributed by atoms with Gasteiger partial charge in [-0.3, -0.25) is 0 Å². The molecule has 0 heterocycles. The maximum atomic E-state index is 13.4. The van der Waals surface area contributed by atoms with E-state index in [1.807, 2.05) is 24.3 Å².